The van der Waals surface area contributed by atoms with Gasteiger partial charge in [0.2, 0.25) is 0 Å². The molecule has 0 fully saturated rings. The molecule has 0 aliphatic rings. The molecule has 0 saturated heterocycles. The first-order chi connectivity index (χ1) is 5.77. The molecule has 0 spiro atoms. The maximum Gasteiger partial charge on any atom is 0.516 e. The molecule has 9 heteroatoms. The van der Waals surface area contributed by atoms with Crippen molar-refractivity contribution in [3.05, 3.63) is 0 Å². The van der Waals surface area contributed by atoms with E-state index in [2.05, 4.69) is 4.74 Å². The van der Waals surface area contributed by atoms with E-state index in [1.807, 2.05) is 0 Å². The fourth-order valence-corrected chi connectivity index (χ4v) is 0.0747. The normalized spacial score (nSPS) is 7.38. The van der Waals surface area contributed by atoms with Gasteiger partial charge in [0.25, 0.3) is 0 Å². The van der Waals surface area contributed by atoms with Crippen molar-refractivity contribution in [2.75, 3.05) is 0 Å². The third-order valence-electron chi connectivity index (χ3n) is 0.358. The van der Waals surface area contributed by atoms with Crippen molar-refractivity contribution >= 4 is 24.2 Å². The Morgan fingerprint density at radius 3 is 0.923 bits per heavy atom. The van der Waals surface area contributed by atoms with Crippen LogP contribution in [-0.4, -0.2) is 44.7 Å². The third kappa shape index (κ3) is 17.7. The standard InChI is InChI=1S/C2H2O5.C2H2O4/c3-1(4)7-2(5)6;3-1(4)2(5)6/h(H,3,4)(H,5,6);(H,3,4)(H,5,6). The van der Waals surface area contributed by atoms with Crippen LogP contribution in [0, 0.1) is 0 Å². The Morgan fingerprint density at radius 2 is 0.923 bits per heavy atom. The van der Waals surface area contributed by atoms with Crippen LogP contribution in [0.2, 0.25) is 0 Å². The van der Waals surface area contributed by atoms with Crippen molar-refractivity contribution < 1.29 is 44.3 Å². The third-order valence-corrected chi connectivity index (χ3v) is 0.358. The van der Waals surface area contributed by atoms with E-state index in [4.69, 9.17) is 30.0 Å². The molecule has 9 nitrogen and oxygen atoms in total. The molecule has 4 N–H and O–H groups in total. The number of hydrogen-bond donors (Lipinski definition) is 4. The van der Waals surface area contributed by atoms with Crippen LogP contribution in [0.5, 0.6) is 0 Å². The van der Waals surface area contributed by atoms with E-state index < -0.39 is 24.2 Å². The Labute approximate surface area is 69.8 Å². The smallest absolute Gasteiger partial charge is 0.473 e. The average molecular weight is 196 g/mol. The number of rotatable bonds is 0. The lowest BCUT2D eigenvalue weighted by Gasteiger charge is -1.84. The van der Waals surface area contributed by atoms with Crippen LogP contribution in [0.4, 0.5) is 9.59 Å². The van der Waals surface area contributed by atoms with Crippen LogP contribution >= 0.6 is 0 Å². The average Bonchev–Trinajstić information content (AvgIpc) is 1.84. The van der Waals surface area contributed by atoms with Gasteiger partial charge in [0.1, 0.15) is 0 Å². The molecule has 0 aliphatic carbocycles. The van der Waals surface area contributed by atoms with E-state index >= 15 is 0 Å². The second kappa shape index (κ2) is 6.39. The maximum atomic E-state index is 9.21. The Balaban J connectivity index is 0. The van der Waals surface area contributed by atoms with Crippen molar-refractivity contribution in [3.8, 4) is 0 Å². The van der Waals surface area contributed by atoms with Gasteiger partial charge in [-0.05, 0) is 0 Å². The van der Waals surface area contributed by atoms with E-state index in [1.165, 1.54) is 0 Å². The van der Waals surface area contributed by atoms with E-state index in [0.717, 1.165) is 0 Å². The van der Waals surface area contributed by atoms with Gasteiger partial charge in [-0.1, -0.05) is 0 Å². The summed E-state index contributed by atoms with van der Waals surface area (Å²) in [5.74, 6) is -3.65. The molecule has 0 amide bonds. The summed E-state index contributed by atoms with van der Waals surface area (Å²) in [5, 5.41) is 29.7. The molecule has 0 atom stereocenters. The van der Waals surface area contributed by atoms with E-state index in [9.17, 15) is 9.59 Å². The van der Waals surface area contributed by atoms with E-state index in [-0.39, 0.29) is 0 Å². The highest BCUT2D eigenvalue weighted by Crippen LogP contribution is 1.73. The number of aliphatic carboxylic acids is 2. The minimum absolute atomic E-state index is 1.81. The molecule has 13 heavy (non-hydrogen) atoms. The summed E-state index contributed by atoms with van der Waals surface area (Å²) in [4.78, 5) is 36.6. The molecule has 0 unspecified atom stereocenters. The summed E-state index contributed by atoms with van der Waals surface area (Å²) in [6.45, 7) is 0. The fourth-order valence-electron chi connectivity index (χ4n) is 0.0747. The van der Waals surface area contributed by atoms with Gasteiger partial charge in [-0.3, -0.25) is 0 Å². The van der Waals surface area contributed by atoms with Crippen LogP contribution in [-0.2, 0) is 14.3 Å². The van der Waals surface area contributed by atoms with E-state index in [1.54, 1.807) is 0 Å². The van der Waals surface area contributed by atoms with Crippen LogP contribution < -0.4 is 0 Å². The van der Waals surface area contributed by atoms with Crippen LogP contribution in [0.1, 0.15) is 0 Å². The van der Waals surface area contributed by atoms with Gasteiger partial charge in [0.05, 0.1) is 0 Å². The molecular weight excluding hydrogens is 192 g/mol. The first-order valence-electron chi connectivity index (χ1n) is 2.37. The summed E-state index contributed by atoms with van der Waals surface area (Å²) < 4.78 is 3.08. The lowest BCUT2D eigenvalue weighted by Crippen LogP contribution is -2.09. The molecule has 0 aromatic heterocycles. The molecule has 0 aliphatic heterocycles. The van der Waals surface area contributed by atoms with Gasteiger partial charge in [-0.25, -0.2) is 19.2 Å². The summed E-state index contributed by atoms with van der Waals surface area (Å²) in [7, 11) is 0. The highest BCUT2D eigenvalue weighted by atomic mass is 16.7. The molecule has 0 bridgehead atoms. The molecule has 0 rings (SSSR count). The number of carboxylic acid groups (broad SMARTS) is 4. The zero-order valence-electron chi connectivity index (χ0n) is 5.83. The molecule has 0 saturated carbocycles. The first-order valence-corrected chi connectivity index (χ1v) is 2.37. The minimum Gasteiger partial charge on any atom is -0.473 e. The summed E-state index contributed by atoms with van der Waals surface area (Å²) in [5.41, 5.74) is 0. The lowest BCUT2D eigenvalue weighted by atomic mass is 10.7. The predicted molar refractivity (Wildman–Crippen MR) is 32.4 cm³/mol. The van der Waals surface area contributed by atoms with Gasteiger partial charge >= 0.3 is 24.2 Å². The van der Waals surface area contributed by atoms with Crippen molar-refractivity contribution in [2.24, 2.45) is 0 Å². The van der Waals surface area contributed by atoms with Crippen molar-refractivity contribution in [2.45, 2.75) is 0 Å². The highest BCUT2D eigenvalue weighted by molar-refractivity contribution is 6.27. The topological polar surface area (TPSA) is 158 Å². The second-order valence-electron chi connectivity index (χ2n) is 1.24. The molecule has 74 valence electrons. The number of carboxylic acids is 2. The summed E-state index contributed by atoms with van der Waals surface area (Å²) in [6.07, 6.45) is -3.62. The van der Waals surface area contributed by atoms with Crippen LogP contribution in [0.25, 0.3) is 0 Å². The zero-order chi connectivity index (χ0) is 11.0. The number of carbonyl (C=O) groups is 4. The maximum absolute atomic E-state index is 9.21. The van der Waals surface area contributed by atoms with Gasteiger partial charge in [0.15, 0.2) is 0 Å². The fraction of sp³-hybridized carbons (Fsp3) is 0. The molecular formula is C4H4O9. The Morgan fingerprint density at radius 1 is 0.692 bits per heavy atom. The zero-order valence-corrected chi connectivity index (χ0v) is 5.83. The van der Waals surface area contributed by atoms with Crippen LogP contribution in [0.3, 0.4) is 0 Å². The second-order valence-corrected chi connectivity index (χ2v) is 1.24. The van der Waals surface area contributed by atoms with Gasteiger partial charge in [-0.15, -0.1) is 0 Å². The summed E-state index contributed by atoms with van der Waals surface area (Å²) >= 11 is 0. The van der Waals surface area contributed by atoms with Crippen LogP contribution in [0.15, 0.2) is 0 Å². The summed E-state index contributed by atoms with van der Waals surface area (Å²) in [6, 6.07) is 0. The Kier molecular flexibility index (Phi) is 6.53. The first kappa shape index (κ1) is 13.3. The lowest BCUT2D eigenvalue weighted by molar-refractivity contribution is -0.159. The van der Waals surface area contributed by atoms with Gasteiger partial charge < -0.3 is 25.2 Å². The van der Waals surface area contributed by atoms with Crippen molar-refractivity contribution in [3.63, 3.8) is 0 Å². The SMILES string of the molecule is O=C(O)C(=O)O.O=C(O)OC(=O)O. The monoisotopic (exact) mass is 196 g/mol. The highest BCUT2D eigenvalue weighted by Gasteiger charge is 2.04. The van der Waals surface area contributed by atoms with Gasteiger partial charge in [-0.2, -0.15) is 0 Å². The minimum atomic E-state index is -1.82. The quantitative estimate of drug-likeness (QED) is 0.228. The molecule has 0 heterocycles. The molecule has 0 aromatic carbocycles. The predicted octanol–water partition coefficient (Wildman–Crippen LogP) is -0.485. The molecule has 0 radical (unpaired) electrons. The van der Waals surface area contributed by atoms with E-state index in [0.29, 0.717) is 0 Å². The number of ether oxygens (including phenoxy) is 1. The number of hydrogen-bond acceptors (Lipinski definition) is 5. The van der Waals surface area contributed by atoms with Crippen molar-refractivity contribution in [1.29, 1.82) is 0 Å². The Bertz CT molecular complexity index is 204. The van der Waals surface area contributed by atoms with Gasteiger partial charge in [0, 0.05) is 0 Å². The largest absolute Gasteiger partial charge is 0.516 e. The Hall–Kier alpha value is -2.32. The van der Waals surface area contributed by atoms with Crippen molar-refractivity contribution in [1.82, 2.24) is 0 Å². The molecule has 0 aromatic rings.